The van der Waals surface area contributed by atoms with Gasteiger partial charge in [-0.1, -0.05) is 11.8 Å². The van der Waals surface area contributed by atoms with E-state index < -0.39 is 11.7 Å². The lowest BCUT2D eigenvalue weighted by molar-refractivity contribution is -0.137. The van der Waals surface area contributed by atoms with Gasteiger partial charge in [0, 0.05) is 17.5 Å². The second-order valence-corrected chi connectivity index (χ2v) is 3.19. The zero-order valence-electron chi connectivity index (χ0n) is 8.71. The van der Waals surface area contributed by atoms with Gasteiger partial charge in [-0.15, -0.1) is 0 Å². The van der Waals surface area contributed by atoms with Gasteiger partial charge < -0.3 is 5.11 Å². The molecule has 0 aliphatic heterocycles. The number of rotatable bonds is 2. The summed E-state index contributed by atoms with van der Waals surface area (Å²) in [5.74, 6) is 4.91. The molecule has 0 fully saturated rings. The maximum Gasteiger partial charge on any atom is 0.416 e. The molecule has 0 spiro atoms. The number of hydrogen-bond acceptors (Lipinski definition) is 2. The molecule has 0 amide bonds. The highest BCUT2D eigenvalue weighted by Crippen LogP contribution is 2.30. The van der Waals surface area contributed by atoms with Crippen molar-refractivity contribution in [2.45, 2.75) is 12.6 Å². The van der Waals surface area contributed by atoms with Crippen LogP contribution in [0.25, 0.3) is 0 Å². The number of aldehydes is 1. The molecular formula is C12H9F3O2. The second kappa shape index (κ2) is 5.51. The van der Waals surface area contributed by atoms with E-state index in [0.717, 1.165) is 18.2 Å². The number of halogens is 3. The predicted molar refractivity (Wildman–Crippen MR) is 55.4 cm³/mol. The summed E-state index contributed by atoms with van der Waals surface area (Å²) in [6.07, 6.45) is -3.87. The highest BCUT2D eigenvalue weighted by atomic mass is 19.4. The maximum absolute atomic E-state index is 12.4. The van der Waals surface area contributed by atoms with Gasteiger partial charge in [-0.05, 0) is 18.2 Å². The summed E-state index contributed by atoms with van der Waals surface area (Å²) in [4.78, 5) is 10.6. The minimum Gasteiger partial charge on any atom is -0.395 e. The molecule has 1 N–H and O–H groups in total. The minimum atomic E-state index is -4.46. The van der Waals surface area contributed by atoms with Gasteiger partial charge in [0.2, 0.25) is 0 Å². The molecule has 0 unspecified atom stereocenters. The number of carbonyl (C=O) groups is 1. The fourth-order valence-corrected chi connectivity index (χ4v) is 1.16. The third-order valence-electron chi connectivity index (χ3n) is 1.97. The number of aliphatic hydroxyl groups excluding tert-OH is 1. The molecule has 0 saturated carbocycles. The van der Waals surface area contributed by atoms with Gasteiger partial charge in [0.05, 0.1) is 12.2 Å². The van der Waals surface area contributed by atoms with Crippen LogP contribution in [0.1, 0.15) is 27.9 Å². The largest absolute Gasteiger partial charge is 0.416 e. The molecule has 1 aromatic carbocycles. The van der Waals surface area contributed by atoms with Crippen LogP contribution in [0.5, 0.6) is 0 Å². The Labute approximate surface area is 96.1 Å². The van der Waals surface area contributed by atoms with Crippen molar-refractivity contribution in [2.24, 2.45) is 0 Å². The normalized spacial score (nSPS) is 10.6. The van der Waals surface area contributed by atoms with Crippen molar-refractivity contribution in [3.63, 3.8) is 0 Å². The fraction of sp³-hybridized carbons (Fsp3) is 0.250. The zero-order chi connectivity index (χ0) is 12.9. The smallest absolute Gasteiger partial charge is 0.395 e. The van der Waals surface area contributed by atoms with Gasteiger partial charge in [0.25, 0.3) is 0 Å². The number of aliphatic hydroxyl groups is 1. The number of benzene rings is 1. The summed E-state index contributed by atoms with van der Waals surface area (Å²) in [6.45, 7) is -0.178. The Morgan fingerprint density at radius 3 is 2.59 bits per heavy atom. The Kier molecular flexibility index (Phi) is 4.30. The lowest BCUT2D eigenvalue weighted by Gasteiger charge is -2.07. The molecule has 2 nitrogen and oxygen atoms in total. The first-order chi connectivity index (χ1) is 7.99. The molecule has 0 aliphatic carbocycles. The van der Waals surface area contributed by atoms with Crippen molar-refractivity contribution < 1.29 is 23.1 Å². The van der Waals surface area contributed by atoms with Gasteiger partial charge >= 0.3 is 6.18 Å². The van der Waals surface area contributed by atoms with Crippen LogP contribution in [0, 0.1) is 11.8 Å². The summed E-state index contributed by atoms with van der Waals surface area (Å²) in [6, 6.07) is 2.74. The Hall–Kier alpha value is -1.80. The molecule has 0 bridgehead atoms. The van der Waals surface area contributed by atoms with Gasteiger partial charge in [-0.2, -0.15) is 13.2 Å². The summed E-state index contributed by atoms with van der Waals surface area (Å²) in [7, 11) is 0. The van der Waals surface area contributed by atoms with Gasteiger partial charge in [0.15, 0.2) is 6.29 Å². The lowest BCUT2D eigenvalue weighted by atomic mass is 10.0. The molecule has 90 valence electrons. The van der Waals surface area contributed by atoms with Crippen molar-refractivity contribution in [2.75, 3.05) is 6.61 Å². The molecule has 0 atom stereocenters. The molecule has 0 heterocycles. The quantitative estimate of drug-likeness (QED) is 0.638. The van der Waals surface area contributed by atoms with Crippen LogP contribution >= 0.6 is 0 Å². The van der Waals surface area contributed by atoms with E-state index in [1.165, 1.54) is 0 Å². The van der Waals surface area contributed by atoms with E-state index >= 15 is 0 Å². The fourth-order valence-electron chi connectivity index (χ4n) is 1.16. The number of hydrogen-bond donors (Lipinski definition) is 1. The average molecular weight is 242 g/mol. The van der Waals surface area contributed by atoms with Crippen LogP contribution in [0.4, 0.5) is 13.2 Å². The third kappa shape index (κ3) is 3.61. The van der Waals surface area contributed by atoms with Crippen LogP contribution in [-0.2, 0) is 6.18 Å². The Balaban J connectivity index is 3.17. The molecule has 0 saturated heterocycles. The Bertz CT molecular complexity index is 467. The van der Waals surface area contributed by atoms with Crippen molar-refractivity contribution in [1.29, 1.82) is 0 Å². The van der Waals surface area contributed by atoms with Crippen LogP contribution in [-0.4, -0.2) is 18.0 Å². The van der Waals surface area contributed by atoms with Gasteiger partial charge in [-0.25, -0.2) is 0 Å². The van der Waals surface area contributed by atoms with E-state index in [1.54, 1.807) is 0 Å². The van der Waals surface area contributed by atoms with Crippen molar-refractivity contribution >= 4 is 6.29 Å². The second-order valence-electron chi connectivity index (χ2n) is 3.19. The van der Waals surface area contributed by atoms with Crippen molar-refractivity contribution in [3.8, 4) is 11.8 Å². The lowest BCUT2D eigenvalue weighted by Crippen LogP contribution is -2.06. The van der Waals surface area contributed by atoms with E-state index in [4.69, 9.17) is 5.11 Å². The summed E-state index contributed by atoms with van der Waals surface area (Å²) in [5, 5.41) is 8.50. The van der Waals surface area contributed by atoms with E-state index in [-0.39, 0.29) is 24.2 Å². The molecule has 1 aromatic rings. The first-order valence-electron chi connectivity index (χ1n) is 4.75. The number of carbonyl (C=O) groups excluding carboxylic acids is 1. The molecule has 0 radical (unpaired) electrons. The first-order valence-corrected chi connectivity index (χ1v) is 4.75. The zero-order valence-corrected chi connectivity index (χ0v) is 8.71. The van der Waals surface area contributed by atoms with E-state index in [1.807, 2.05) is 0 Å². The van der Waals surface area contributed by atoms with Gasteiger partial charge in [-0.3, -0.25) is 4.79 Å². The highest BCUT2D eigenvalue weighted by molar-refractivity contribution is 5.79. The highest BCUT2D eigenvalue weighted by Gasteiger charge is 2.30. The first kappa shape index (κ1) is 13.3. The monoisotopic (exact) mass is 242 g/mol. The number of alkyl halides is 3. The molecule has 0 aliphatic rings. The van der Waals surface area contributed by atoms with Crippen molar-refractivity contribution in [1.82, 2.24) is 0 Å². The van der Waals surface area contributed by atoms with Crippen molar-refractivity contribution in [3.05, 3.63) is 34.9 Å². The van der Waals surface area contributed by atoms with Crippen LogP contribution in [0.2, 0.25) is 0 Å². The van der Waals surface area contributed by atoms with E-state index in [9.17, 15) is 18.0 Å². The topological polar surface area (TPSA) is 37.3 Å². The maximum atomic E-state index is 12.4. The standard InChI is InChI=1S/C12H9F3O2/c13-12(14,15)11-5-4-10(8-17)9(7-11)3-1-2-6-16/h4-5,7-8,16H,2,6H2. The molecule has 0 aromatic heterocycles. The summed E-state index contributed by atoms with van der Waals surface area (Å²) < 4.78 is 37.2. The SMILES string of the molecule is O=Cc1ccc(C(F)(F)F)cc1C#CCCO. The molecule has 17 heavy (non-hydrogen) atoms. The van der Waals surface area contributed by atoms with Crippen LogP contribution in [0.3, 0.4) is 0 Å². The molecule has 1 rings (SSSR count). The predicted octanol–water partition coefficient (Wildman–Crippen LogP) is 2.25. The third-order valence-corrected chi connectivity index (χ3v) is 1.97. The van der Waals surface area contributed by atoms with Crippen LogP contribution in [0.15, 0.2) is 18.2 Å². The molecular weight excluding hydrogens is 233 g/mol. The summed E-state index contributed by atoms with van der Waals surface area (Å²) in [5.41, 5.74) is -0.733. The van der Waals surface area contributed by atoms with Crippen LogP contribution < -0.4 is 0 Å². The van der Waals surface area contributed by atoms with E-state index in [2.05, 4.69) is 11.8 Å². The molecule has 5 heteroatoms. The van der Waals surface area contributed by atoms with Gasteiger partial charge in [0.1, 0.15) is 0 Å². The van der Waals surface area contributed by atoms with E-state index in [0.29, 0.717) is 6.29 Å². The summed E-state index contributed by atoms with van der Waals surface area (Å²) >= 11 is 0. The minimum absolute atomic E-state index is 0.0169. The Morgan fingerprint density at radius 1 is 1.35 bits per heavy atom. The Morgan fingerprint density at radius 2 is 2.06 bits per heavy atom. The average Bonchev–Trinajstić information content (AvgIpc) is 2.28.